The Morgan fingerprint density at radius 3 is 2.44 bits per heavy atom. The molecule has 0 atom stereocenters. The van der Waals surface area contributed by atoms with E-state index in [1.165, 1.54) is 50.5 Å². The van der Waals surface area contributed by atoms with Gasteiger partial charge in [-0.3, -0.25) is 4.98 Å². The highest BCUT2D eigenvalue weighted by Crippen LogP contribution is 2.37. The van der Waals surface area contributed by atoms with Crippen molar-refractivity contribution < 1.29 is 0 Å². The van der Waals surface area contributed by atoms with Gasteiger partial charge in [-0.1, -0.05) is 26.2 Å². The summed E-state index contributed by atoms with van der Waals surface area (Å²) in [6.45, 7) is 2.29. The third-order valence-corrected chi connectivity index (χ3v) is 3.99. The van der Waals surface area contributed by atoms with Crippen LogP contribution in [0.2, 0.25) is 0 Å². The first-order valence-electron chi connectivity index (χ1n) is 6.80. The monoisotopic (exact) mass is 217 g/mol. The van der Waals surface area contributed by atoms with Crippen molar-refractivity contribution in [2.45, 2.75) is 57.8 Å². The van der Waals surface area contributed by atoms with Gasteiger partial charge < -0.3 is 0 Å². The molecule has 0 bridgehead atoms. The molecular weight excluding hydrogens is 194 g/mol. The van der Waals surface area contributed by atoms with Crippen molar-refractivity contribution in [1.82, 2.24) is 4.98 Å². The molecule has 1 aliphatic carbocycles. The van der Waals surface area contributed by atoms with Crippen LogP contribution in [0.15, 0.2) is 24.5 Å². The molecule has 1 aliphatic rings. The standard InChI is InChI=1S/C15H23N/c1-2-3-4-13-5-7-14(8-6-13)15-9-11-16-12-10-15/h9-14H,2-8H2,1H3. The third-order valence-electron chi connectivity index (χ3n) is 3.99. The van der Waals surface area contributed by atoms with E-state index in [-0.39, 0.29) is 0 Å². The minimum Gasteiger partial charge on any atom is -0.265 e. The van der Waals surface area contributed by atoms with Crippen LogP contribution in [0.4, 0.5) is 0 Å². The molecule has 1 saturated carbocycles. The van der Waals surface area contributed by atoms with Crippen LogP contribution in [0, 0.1) is 5.92 Å². The predicted molar refractivity (Wildman–Crippen MR) is 68.5 cm³/mol. The second-order valence-electron chi connectivity index (χ2n) is 5.14. The molecular formula is C15H23N. The van der Waals surface area contributed by atoms with Gasteiger partial charge in [-0.25, -0.2) is 0 Å². The van der Waals surface area contributed by atoms with Crippen molar-refractivity contribution in [3.8, 4) is 0 Å². The molecule has 88 valence electrons. The van der Waals surface area contributed by atoms with Crippen LogP contribution in [-0.4, -0.2) is 4.98 Å². The van der Waals surface area contributed by atoms with Gasteiger partial charge in [-0.2, -0.15) is 0 Å². The van der Waals surface area contributed by atoms with Crippen LogP contribution in [-0.2, 0) is 0 Å². The SMILES string of the molecule is CCCCC1CCC(c2ccncc2)CC1. The van der Waals surface area contributed by atoms with E-state index in [0.717, 1.165) is 11.8 Å². The largest absolute Gasteiger partial charge is 0.265 e. The molecule has 1 aromatic heterocycles. The van der Waals surface area contributed by atoms with E-state index >= 15 is 0 Å². The summed E-state index contributed by atoms with van der Waals surface area (Å²) >= 11 is 0. The lowest BCUT2D eigenvalue weighted by Gasteiger charge is -2.28. The fraction of sp³-hybridized carbons (Fsp3) is 0.667. The van der Waals surface area contributed by atoms with Gasteiger partial charge >= 0.3 is 0 Å². The zero-order valence-corrected chi connectivity index (χ0v) is 10.4. The number of aromatic nitrogens is 1. The Bertz CT molecular complexity index is 286. The molecule has 1 aromatic rings. The highest BCUT2D eigenvalue weighted by molar-refractivity contribution is 5.16. The molecule has 0 aromatic carbocycles. The number of pyridine rings is 1. The van der Waals surface area contributed by atoms with Crippen molar-refractivity contribution in [1.29, 1.82) is 0 Å². The molecule has 16 heavy (non-hydrogen) atoms. The molecule has 0 unspecified atom stereocenters. The van der Waals surface area contributed by atoms with Crippen molar-refractivity contribution >= 4 is 0 Å². The van der Waals surface area contributed by atoms with Gasteiger partial charge in [0.25, 0.3) is 0 Å². The number of hydrogen-bond donors (Lipinski definition) is 0. The Balaban J connectivity index is 1.81. The zero-order valence-electron chi connectivity index (χ0n) is 10.4. The summed E-state index contributed by atoms with van der Waals surface area (Å²) in [5.41, 5.74) is 1.50. The van der Waals surface area contributed by atoms with Gasteiger partial charge in [0.15, 0.2) is 0 Å². The van der Waals surface area contributed by atoms with Crippen LogP contribution in [0.5, 0.6) is 0 Å². The average molecular weight is 217 g/mol. The third kappa shape index (κ3) is 3.07. The van der Waals surface area contributed by atoms with Gasteiger partial charge in [-0.05, 0) is 55.2 Å². The van der Waals surface area contributed by atoms with E-state index in [4.69, 9.17) is 0 Å². The second kappa shape index (κ2) is 6.03. The highest BCUT2D eigenvalue weighted by Gasteiger charge is 2.21. The van der Waals surface area contributed by atoms with Crippen LogP contribution in [0.3, 0.4) is 0 Å². The van der Waals surface area contributed by atoms with E-state index in [9.17, 15) is 0 Å². The maximum atomic E-state index is 4.10. The summed E-state index contributed by atoms with van der Waals surface area (Å²) in [6, 6.07) is 4.38. The Kier molecular flexibility index (Phi) is 4.38. The predicted octanol–water partition coefficient (Wildman–Crippen LogP) is 4.55. The first-order valence-corrected chi connectivity index (χ1v) is 6.80. The first kappa shape index (κ1) is 11.6. The Labute approximate surface area is 99.3 Å². The van der Waals surface area contributed by atoms with Crippen LogP contribution >= 0.6 is 0 Å². The van der Waals surface area contributed by atoms with E-state index in [0.29, 0.717) is 0 Å². The van der Waals surface area contributed by atoms with E-state index in [1.54, 1.807) is 0 Å². The number of nitrogens with zero attached hydrogens (tertiary/aromatic N) is 1. The van der Waals surface area contributed by atoms with E-state index in [1.807, 2.05) is 12.4 Å². The fourth-order valence-electron chi connectivity index (χ4n) is 2.91. The number of unbranched alkanes of at least 4 members (excludes halogenated alkanes) is 1. The summed E-state index contributed by atoms with van der Waals surface area (Å²) < 4.78 is 0. The van der Waals surface area contributed by atoms with Gasteiger partial charge in [-0.15, -0.1) is 0 Å². The second-order valence-corrected chi connectivity index (χ2v) is 5.14. The minimum absolute atomic E-state index is 0.806. The molecule has 1 heteroatoms. The quantitative estimate of drug-likeness (QED) is 0.721. The highest BCUT2D eigenvalue weighted by atomic mass is 14.6. The van der Waals surface area contributed by atoms with E-state index in [2.05, 4.69) is 24.0 Å². The van der Waals surface area contributed by atoms with Gasteiger partial charge in [0.2, 0.25) is 0 Å². The average Bonchev–Trinajstić information content (AvgIpc) is 2.38. The lowest BCUT2D eigenvalue weighted by atomic mass is 9.77. The Morgan fingerprint density at radius 2 is 1.81 bits per heavy atom. The molecule has 0 radical (unpaired) electrons. The topological polar surface area (TPSA) is 12.9 Å². The molecule has 0 N–H and O–H groups in total. The van der Waals surface area contributed by atoms with Crippen molar-refractivity contribution in [3.05, 3.63) is 30.1 Å². The van der Waals surface area contributed by atoms with Crippen molar-refractivity contribution in [2.75, 3.05) is 0 Å². The van der Waals surface area contributed by atoms with Gasteiger partial charge in [0.1, 0.15) is 0 Å². The first-order chi connectivity index (χ1) is 7.90. The van der Waals surface area contributed by atoms with Gasteiger partial charge in [0.05, 0.1) is 0 Å². The maximum Gasteiger partial charge on any atom is 0.0270 e. The number of rotatable bonds is 4. The molecule has 0 aliphatic heterocycles. The minimum atomic E-state index is 0.806. The molecule has 2 rings (SSSR count). The van der Waals surface area contributed by atoms with Crippen molar-refractivity contribution in [2.24, 2.45) is 5.92 Å². The van der Waals surface area contributed by atoms with Crippen LogP contribution in [0.25, 0.3) is 0 Å². The van der Waals surface area contributed by atoms with E-state index < -0.39 is 0 Å². The molecule has 0 spiro atoms. The summed E-state index contributed by atoms with van der Waals surface area (Å²) in [6.07, 6.45) is 13.7. The summed E-state index contributed by atoms with van der Waals surface area (Å²) in [7, 11) is 0. The van der Waals surface area contributed by atoms with Crippen molar-refractivity contribution in [3.63, 3.8) is 0 Å². The lowest BCUT2D eigenvalue weighted by molar-refractivity contribution is 0.304. The number of hydrogen-bond acceptors (Lipinski definition) is 1. The fourth-order valence-corrected chi connectivity index (χ4v) is 2.91. The van der Waals surface area contributed by atoms with Crippen LogP contribution < -0.4 is 0 Å². The molecule has 1 nitrogen and oxygen atoms in total. The molecule has 1 fully saturated rings. The summed E-state index contributed by atoms with van der Waals surface area (Å²) in [5.74, 6) is 1.82. The molecule has 0 saturated heterocycles. The van der Waals surface area contributed by atoms with Gasteiger partial charge in [0, 0.05) is 12.4 Å². The normalized spacial score (nSPS) is 25.6. The zero-order chi connectivity index (χ0) is 11.2. The van der Waals surface area contributed by atoms with Crippen LogP contribution in [0.1, 0.15) is 63.4 Å². The summed E-state index contributed by atoms with van der Waals surface area (Å²) in [5, 5.41) is 0. The maximum absolute atomic E-state index is 4.10. The summed E-state index contributed by atoms with van der Waals surface area (Å²) in [4.78, 5) is 4.10. The molecule has 0 amide bonds. The smallest absolute Gasteiger partial charge is 0.0270 e. The lowest BCUT2D eigenvalue weighted by Crippen LogP contribution is -2.13. The Morgan fingerprint density at radius 1 is 1.12 bits per heavy atom. The molecule has 1 heterocycles. The Hall–Kier alpha value is -0.850.